The van der Waals surface area contributed by atoms with E-state index in [-0.39, 0.29) is 5.56 Å². The molecular weight excluding hydrogens is 494 g/mol. The van der Waals surface area contributed by atoms with Crippen LogP contribution in [0.4, 0.5) is 0 Å². The molecule has 0 aliphatic carbocycles. The second-order valence-corrected chi connectivity index (χ2v) is 10.6. The number of piperazine rings is 1. The van der Waals surface area contributed by atoms with Crippen molar-refractivity contribution in [1.29, 1.82) is 0 Å². The first kappa shape index (κ1) is 26.1. The Morgan fingerprint density at radius 3 is 2.55 bits per heavy atom. The first-order chi connectivity index (χ1) is 19.6. The molecule has 1 aliphatic rings. The quantitative estimate of drug-likeness (QED) is 0.185. The zero-order chi connectivity index (χ0) is 27.5. The van der Waals surface area contributed by atoms with Crippen LogP contribution < -0.4 is 5.56 Å². The van der Waals surface area contributed by atoms with E-state index in [2.05, 4.69) is 71.2 Å². The predicted octanol–water partition coefficient (Wildman–Crippen LogP) is 6.21. The first-order valence-corrected chi connectivity index (χ1v) is 14.2. The number of fused-ring (bicyclic) bond motifs is 4. The Kier molecular flexibility index (Phi) is 7.53. The summed E-state index contributed by atoms with van der Waals surface area (Å²) in [6, 6.07) is 20.1. The molecule has 0 unspecified atom stereocenters. The third kappa shape index (κ3) is 5.33. The average molecular weight is 530 g/mol. The van der Waals surface area contributed by atoms with E-state index >= 15 is 0 Å². The van der Waals surface area contributed by atoms with E-state index < -0.39 is 0 Å². The third-order valence-corrected chi connectivity index (χ3v) is 7.81. The SMILES string of the molecule is CC/C=C(\C=C/CCN1CCN(C)CC1)n1c(=O)ccc2cnc3ccc(-c4cnc5ccccc5c4)cc3c21. The topological polar surface area (TPSA) is 54.3 Å². The predicted molar refractivity (Wildman–Crippen MR) is 167 cm³/mol. The fraction of sp³-hybridized carbons (Fsp3) is 0.265. The van der Waals surface area contributed by atoms with Crippen molar-refractivity contribution in [2.45, 2.75) is 19.8 Å². The number of aromatic nitrogens is 3. The second kappa shape index (κ2) is 11.5. The van der Waals surface area contributed by atoms with Crippen LogP contribution in [0.3, 0.4) is 0 Å². The minimum absolute atomic E-state index is 0.0406. The highest BCUT2D eigenvalue weighted by atomic mass is 16.1. The molecule has 0 atom stereocenters. The smallest absolute Gasteiger partial charge is 0.255 e. The third-order valence-electron chi connectivity index (χ3n) is 7.81. The molecule has 3 aromatic heterocycles. The lowest BCUT2D eigenvalue weighted by Crippen LogP contribution is -2.44. The van der Waals surface area contributed by atoms with Gasteiger partial charge < -0.3 is 9.80 Å². The maximum atomic E-state index is 13.5. The van der Waals surface area contributed by atoms with Crippen LogP contribution in [0, 0.1) is 0 Å². The number of benzene rings is 2. The summed E-state index contributed by atoms with van der Waals surface area (Å²) in [7, 11) is 2.18. The van der Waals surface area contributed by atoms with Crippen LogP contribution in [0.15, 0.2) is 96.1 Å². The highest BCUT2D eigenvalue weighted by Gasteiger charge is 2.14. The van der Waals surface area contributed by atoms with Crippen molar-refractivity contribution in [3.8, 4) is 11.1 Å². The van der Waals surface area contributed by atoms with Gasteiger partial charge >= 0.3 is 0 Å². The van der Waals surface area contributed by atoms with Crippen molar-refractivity contribution in [2.75, 3.05) is 39.8 Å². The second-order valence-electron chi connectivity index (χ2n) is 10.6. The van der Waals surface area contributed by atoms with E-state index in [0.717, 1.165) is 95.1 Å². The average Bonchev–Trinajstić information content (AvgIpc) is 2.99. The highest BCUT2D eigenvalue weighted by Crippen LogP contribution is 2.30. The van der Waals surface area contributed by atoms with E-state index in [1.54, 1.807) is 6.07 Å². The molecule has 0 spiro atoms. The van der Waals surface area contributed by atoms with Crippen molar-refractivity contribution < 1.29 is 0 Å². The zero-order valence-corrected chi connectivity index (χ0v) is 23.3. The molecule has 6 heteroatoms. The normalized spacial score (nSPS) is 15.6. The summed E-state index contributed by atoms with van der Waals surface area (Å²) in [6.07, 6.45) is 12.0. The summed E-state index contributed by atoms with van der Waals surface area (Å²) in [5.41, 5.74) is 5.67. The number of hydrogen-bond acceptors (Lipinski definition) is 5. The van der Waals surface area contributed by atoms with Crippen LogP contribution in [0.2, 0.25) is 0 Å². The van der Waals surface area contributed by atoms with E-state index in [4.69, 9.17) is 4.98 Å². The minimum atomic E-state index is -0.0406. The minimum Gasteiger partial charge on any atom is -0.304 e. The number of pyridine rings is 3. The first-order valence-electron chi connectivity index (χ1n) is 14.2. The van der Waals surface area contributed by atoms with Gasteiger partial charge in [0.05, 0.1) is 16.6 Å². The summed E-state index contributed by atoms with van der Waals surface area (Å²) in [5.74, 6) is 0. The molecule has 0 amide bonds. The molecule has 1 aliphatic heterocycles. The van der Waals surface area contributed by atoms with Crippen LogP contribution in [0.1, 0.15) is 19.8 Å². The maximum absolute atomic E-state index is 13.5. The molecule has 5 aromatic rings. The Hall–Kier alpha value is -4.13. The Morgan fingerprint density at radius 1 is 0.875 bits per heavy atom. The molecule has 4 heterocycles. The van der Waals surface area contributed by atoms with Gasteiger partial charge in [0.25, 0.3) is 5.56 Å². The van der Waals surface area contributed by atoms with E-state index in [1.165, 1.54) is 0 Å². The largest absolute Gasteiger partial charge is 0.304 e. The van der Waals surface area contributed by atoms with Gasteiger partial charge in [-0.2, -0.15) is 0 Å². The van der Waals surface area contributed by atoms with Crippen LogP contribution in [0.5, 0.6) is 0 Å². The van der Waals surface area contributed by atoms with Gasteiger partial charge in [-0.15, -0.1) is 0 Å². The summed E-state index contributed by atoms with van der Waals surface area (Å²) in [4.78, 5) is 27.7. The van der Waals surface area contributed by atoms with Crippen molar-refractivity contribution in [1.82, 2.24) is 24.3 Å². The molecule has 40 heavy (non-hydrogen) atoms. The Bertz CT molecular complexity index is 1790. The van der Waals surface area contributed by atoms with Crippen molar-refractivity contribution in [3.63, 3.8) is 0 Å². The monoisotopic (exact) mass is 529 g/mol. The number of allylic oxidation sites excluding steroid dienone is 3. The summed E-state index contributed by atoms with van der Waals surface area (Å²) in [5, 5.41) is 2.99. The standard InChI is InChI=1S/C34H35N5O/c1-3-8-29(10-6-7-16-38-19-17-37(2)18-20-38)39-33(40)15-13-27-23-36-32-14-12-25(22-30(32)34(27)39)28-21-26-9-4-5-11-31(26)35-24-28/h4-6,8-15,21-24H,3,7,16-20H2,1-2H3/b10-6-,29-8+. The van der Waals surface area contributed by atoms with Gasteiger partial charge in [0.2, 0.25) is 0 Å². The van der Waals surface area contributed by atoms with Crippen LogP contribution in [-0.2, 0) is 0 Å². The Morgan fingerprint density at radius 2 is 1.70 bits per heavy atom. The van der Waals surface area contributed by atoms with Crippen LogP contribution in [-0.4, -0.2) is 64.1 Å². The number of para-hydroxylation sites is 1. The van der Waals surface area contributed by atoms with E-state index in [9.17, 15) is 4.79 Å². The molecule has 0 saturated carbocycles. The maximum Gasteiger partial charge on any atom is 0.255 e. The molecule has 202 valence electrons. The van der Waals surface area contributed by atoms with Crippen molar-refractivity contribution in [2.24, 2.45) is 0 Å². The number of hydrogen-bond donors (Lipinski definition) is 0. The van der Waals surface area contributed by atoms with Crippen LogP contribution >= 0.6 is 0 Å². The highest BCUT2D eigenvalue weighted by molar-refractivity contribution is 6.06. The molecule has 0 N–H and O–H groups in total. The zero-order valence-electron chi connectivity index (χ0n) is 23.3. The Labute approximate surface area is 234 Å². The summed E-state index contributed by atoms with van der Waals surface area (Å²) < 4.78 is 1.86. The summed E-state index contributed by atoms with van der Waals surface area (Å²) >= 11 is 0. The summed E-state index contributed by atoms with van der Waals surface area (Å²) in [6.45, 7) is 7.60. The lowest BCUT2D eigenvalue weighted by atomic mass is 10.0. The molecule has 6 nitrogen and oxygen atoms in total. The van der Waals surface area contributed by atoms with Gasteiger partial charge in [0, 0.05) is 78.6 Å². The van der Waals surface area contributed by atoms with Gasteiger partial charge in [-0.1, -0.05) is 43.3 Å². The van der Waals surface area contributed by atoms with E-state index in [1.807, 2.05) is 47.3 Å². The fourth-order valence-electron chi connectivity index (χ4n) is 5.55. The lowest BCUT2D eigenvalue weighted by Gasteiger charge is -2.32. The van der Waals surface area contributed by atoms with Crippen LogP contribution in [0.25, 0.3) is 49.5 Å². The van der Waals surface area contributed by atoms with Gasteiger partial charge in [-0.25, -0.2) is 0 Å². The molecular formula is C34H35N5O. The molecule has 1 fully saturated rings. The molecule has 0 bridgehead atoms. The van der Waals surface area contributed by atoms with Gasteiger partial charge in [0.1, 0.15) is 0 Å². The van der Waals surface area contributed by atoms with Gasteiger partial charge in [0.15, 0.2) is 0 Å². The van der Waals surface area contributed by atoms with Gasteiger partial charge in [-0.05, 0) is 61.9 Å². The van der Waals surface area contributed by atoms with Crippen molar-refractivity contribution in [3.05, 3.63) is 102 Å². The molecule has 6 rings (SSSR count). The number of nitrogens with zero attached hydrogens (tertiary/aromatic N) is 5. The Balaban J connectivity index is 1.41. The molecule has 1 saturated heterocycles. The fourth-order valence-corrected chi connectivity index (χ4v) is 5.55. The van der Waals surface area contributed by atoms with Crippen molar-refractivity contribution >= 4 is 38.4 Å². The van der Waals surface area contributed by atoms with Gasteiger partial charge in [-0.3, -0.25) is 19.3 Å². The van der Waals surface area contributed by atoms with E-state index in [0.29, 0.717) is 0 Å². The number of likely N-dealkylation sites (N-methyl/N-ethyl adjacent to an activating group) is 1. The molecule has 0 radical (unpaired) electrons. The lowest BCUT2D eigenvalue weighted by molar-refractivity contribution is 0.156. The molecule has 2 aromatic carbocycles. The number of rotatable bonds is 7.